The number of carbonyl (C=O) groups excluding carboxylic acids is 1. The van der Waals surface area contributed by atoms with Crippen molar-refractivity contribution >= 4 is 33.8 Å². The van der Waals surface area contributed by atoms with Gasteiger partial charge in [0.1, 0.15) is 11.4 Å². The monoisotopic (exact) mass is 513 g/mol. The first-order chi connectivity index (χ1) is 14.6. The Labute approximate surface area is 187 Å². The van der Waals surface area contributed by atoms with Crippen LogP contribution in [0, 0.1) is 5.82 Å². The van der Waals surface area contributed by atoms with Crippen molar-refractivity contribution in [1.82, 2.24) is 24.9 Å². The molecule has 3 aromatic rings. The molecule has 1 aliphatic heterocycles. The number of hydrogen-bond donors (Lipinski definition) is 0. The highest BCUT2D eigenvalue weighted by Gasteiger charge is 2.36. The van der Waals surface area contributed by atoms with Gasteiger partial charge in [-0.15, -0.1) is 0 Å². The third kappa shape index (κ3) is 4.51. The Kier molecular flexibility index (Phi) is 5.64. The zero-order valence-electron chi connectivity index (χ0n) is 16.7. The van der Waals surface area contributed by atoms with E-state index in [0.29, 0.717) is 23.8 Å². The molecule has 0 radical (unpaired) electrons. The minimum Gasteiger partial charge on any atom is -0.444 e. The van der Waals surface area contributed by atoms with Crippen LogP contribution in [0.25, 0.3) is 17.2 Å². The number of thioether (sulfide) groups is 1. The fourth-order valence-electron chi connectivity index (χ4n) is 2.79. The van der Waals surface area contributed by atoms with Crippen molar-refractivity contribution in [2.45, 2.75) is 36.6 Å². The number of halogens is 2. The van der Waals surface area contributed by atoms with Gasteiger partial charge < -0.3 is 9.64 Å². The van der Waals surface area contributed by atoms with Crippen molar-refractivity contribution in [2.75, 3.05) is 13.1 Å². The Balaban J connectivity index is 1.52. The molecule has 10 nitrogen and oxygen atoms in total. The number of benzene rings is 1. The lowest BCUT2D eigenvalue weighted by atomic mass is 10.2. The Morgan fingerprint density at radius 2 is 2.03 bits per heavy atom. The number of hydrogen-bond acceptors (Lipinski definition) is 9. The van der Waals surface area contributed by atoms with Gasteiger partial charge in [-0.05, 0) is 65.2 Å². The molecule has 164 valence electrons. The van der Waals surface area contributed by atoms with Crippen LogP contribution in [0.15, 0.2) is 41.6 Å². The number of aromatic nitrogens is 4. The van der Waals surface area contributed by atoms with Crippen LogP contribution < -0.4 is 5.76 Å². The lowest BCUT2D eigenvalue weighted by Gasteiger charge is -2.38. The number of likely N-dealkylation sites (tertiary alicyclic amines) is 1. The maximum atomic E-state index is 13.6. The van der Waals surface area contributed by atoms with Gasteiger partial charge in [0.15, 0.2) is 10.7 Å². The van der Waals surface area contributed by atoms with Gasteiger partial charge in [-0.25, -0.2) is 23.2 Å². The molecular formula is C18H17BrFN5O5S. The van der Waals surface area contributed by atoms with Gasteiger partial charge in [0.05, 0.1) is 10.2 Å². The van der Waals surface area contributed by atoms with Crippen molar-refractivity contribution in [3.63, 3.8) is 0 Å². The van der Waals surface area contributed by atoms with E-state index >= 15 is 0 Å². The van der Waals surface area contributed by atoms with E-state index in [1.807, 2.05) is 0 Å². The van der Waals surface area contributed by atoms with Gasteiger partial charge in [-0.3, -0.25) is 4.52 Å². The second-order valence-corrected chi connectivity index (χ2v) is 9.89. The topological polar surface area (TPSA) is 116 Å². The van der Waals surface area contributed by atoms with E-state index in [1.165, 1.54) is 30.0 Å². The number of rotatable bonds is 4. The van der Waals surface area contributed by atoms with Crippen LogP contribution in [0.4, 0.5) is 9.18 Å². The van der Waals surface area contributed by atoms with Gasteiger partial charge in [-0.2, -0.15) is 0 Å². The third-order valence-electron chi connectivity index (χ3n) is 4.21. The second-order valence-electron chi connectivity index (χ2n) is 7.75. The van der Waals surface area contributed by atoms with Crippen LogP contribution in [0.1, 0.15) is 20.8 Å². The molecule has 13 heteroatoms. The summed E-state index contributed by atoms with van der Waals surface area (Å²) in [6.45, 7) is 6.34. The molecule has 1 saturated heterocycles. The molecule has 0 saturated carbocycles. The highest BCUT2D eigenvalue weighted by molar-refractivity contribution is 9.10. The quantitative estimate of drug-likeness (QED) is 0.516. The van der Waals surface area contributed by atoms with E-state index in [2.05, 4.69) is 31.4 Å². The van der Waals surface area contributed by atoms with Gasteiger partial charge in [0.25, 0.3) is 0 Å². The molecule has 0 N–H and O–H groups in total. The first-order valence-electron chi connectivity index (χ1n) is 9.14. The zero-order chi connectivity index (χ0) is 22.3. The van der Waals surface area contributed by atoms with Gasteiger partial charge in [-0.1, -0.05) is 16.9 Å². The molecule has 1 aromatic carbocycles. The van der Waals surface area contributed by atoms with E-state index in [-0.39, 0.29) is 27.3 Å². The van der Waals surface area contributed by atoms with E-state index in [1.54, 1.807) is 25.7 Å². The molecule has 0 unspecified atom stereocenters. The summed E-state index contributed by atoms with van der Waals surface area (Å²) >= 11 is 4.43. The third-order valence-corrected chi connectivity index (χ3v) is 5.94. The number of ether oxygens (including phenoxy) is 1. The highest BCUT2D eigenvalue weighted by atomic mass is 79.9. The van der Waals surface area contributed by atoms with Crippen molar-refractivity contribution in [3.8, 4) is 17.2 Å². The summed E-state index contributed by atoms with van der Waals surface area (Å²) in [7, 11) is 0. The normalized spacial score (nSPS) is 14.5. The fourth-order valence-corrected chi connectivity index (χ4v) is 4.30. The molecule has 1 aliphatic rings. The predicted octanol–water partition coefficient (Wildman–Crippen LogP) is 3.49. The molecule has 0 bridgehead atoms. The van der Waals surface area contributed by atoms with Crippen molar-refractivity contribution in [2.24, 2.45) is 0 Å². The van der Waals surface area contributed by atoms with E-state index in [4.69, 9.17) is 13.9 Å². The van der Waals surface area contributed by atoms with E-state index in [9.17, 15) is 14.0 Å². The average Bonchev–Trinajstić information content (AvgIpc) is 3.24. The molecule has 1 fully saturated rings. The predicted molar refractivity (Wildman–Crippen MR) is 111 cm³/mol. The average molecular weight is 514 g/mol. The van der Waals surface area contributed by atoms with Crippen LogP contribution in [0.2, 0.25) is 0 Å². The number of amides is 1. The van der Waals surface area contributed by atoms with Gasteiger partial charge >= 0.3 is 11.8 Å². The first kappa shape index (κ1) is 21.6. The van der Waals surface area contributed by atoms with E-state index in [0.717, 1.165) is 4.57 Å². The molecule has 0 spiro atoms. The Morgan fingerprint density at radius 1 is 1.29 bits per heavy atom. The van der Waals surface area contributed by atoms with E-state index < -0.39 is 17.2 Å². The summed E-state index contributed by atoms with van der Waals surface area (Å²) in [5, 5.41) is 12.0. The molecule has 1 amide bonds. The maximum absolute atomic E-state index is 13.6. The SMILES string of the molecule is CC(C)(C)OC(=O)N1CC(Sc2nonc2-c2noc(=O)n2-c2ccc(F)c(Br)c2)C1. The number of nitrogens with zero attached hydrogens (tertiary/aromatic N) is 5. The van der Waals surface area contributed by atoms with Gasteiger partial charge in [0.2, 0.25) is 5.82 Å². The molecule has 3 heterocycles. The summed E-state index contributed by atoms with van der Waals surface area (Å²) < 4.78 is 29.9. The lowest BCUT2D eigenvalue weighted by Crippen LogP contribution is -2.53. The fraction of sp³-hybridized carbons (Fsp3) is 0.389. The van der Waals surface area contributed by atoms with Crippen molar-refractivity contribution in [3.05, 3.63) is 39.0 Å². The summed E-state index contributed by atoms with van der Waals surface area (Å²) in [6.07, 6.45) is -0.380. The molecule has 0 atom stereocenters. The second kappa shape index (κ2) is 8.11. The number of carbonyl (C=O) groups is 1. The highest BCUT2D eigenvalue weighted by Crippen LogP contribution is 2.35. The molecule has 2 aromatic heterocycles. The standard InChI is InChI=1S/C18H17BrFN5O5S/c1-18(2,3)28-16(26)24-7-10(8-24)31-15-13(21-30-23-15)14-22-29-17(27)25(14)9-4-5-12(20)11(19)6-9/h4-6,10H,7-8H2,1-3H3. The van der Waals surface area contributed by atoms with Crippen LogP contribution in [0.5, 0.6) is 0 Å². The minimum atomic E-state index is -0.771. The van der Waals surface area contributed by atoms with Crippen molar-refractivity contribution < 1.29 is 23.1 Å². The Morgan fingerprint density at radius 3 is 2.71 bits per heavy atom. The molecule has 4 rings (SSSR count). The summed E-state index contributed by atoms with van der Waals surface area (Å²) in [6, 6.07) is 4.04. The van der Waals surface area contributed by atoms with Crippen LogP contribution in [-0.2, 0) is 4.74 Å². The molecular weight excluding hydrogens is 497 g/mol. The Hall–Kier alpha value is -2.67. The summed E-state index contributed by atoms with van der Waals surface area (Å²) in [5.41, 5.74) is -0.0370. The van der Waals surface area contributed by atoms with Crippen molar-refractivity contribution in [1.29, 1.82) is 0 Å². The Bertz CT molecular complexity index is 1180. The summed E-state index contributed by atoms with van der Waals surface area (Å²) in [5.74, 6) is -1.18. The largest absolute Gasteiger partial charge is 0.446 e. The lowest BCUT2D eigenvalue weighted by molar-refractivity contribution is 0.0144. The first-order valence-corrected chi connectivity index (χ1v) is 10.8. The van der Waals surface area contributed by atoms with Crippen LogP contribution >= 0.6 is 27.7 Å². The molecule has 31 heavy (non-hydrogen) atoms. The summed E-state index contributed by atoms with van der Waals surface area (Å²) in [4.78, 5) is 25.9. The zero-order valence-corrected chi connectivity index (χ0v) is 19.1. The van der Waals surface area contributed by atoms with Gasteiger partial charge in [0, 0.05) is 18.3 Å². The van der Waals surface area contributed by atoms with Crippen LogP contribution in [-0.4, -0.2) is 55.0 Å². The van der Waals surface area contributed by atoms with Crippen LogP contribution in [0.3, 0.4) is 0 Å². The minimum absolute atomic E-state index is 0.0326. The maximum Gasteiger partial charge on any atom is 0.446 e. The molecule has 0 aliphatic carbocycles. The smallest absolute Gasteiger partial charge is 0.444 e.